The van der Waals surface area contributed by atoms with Gasteiger partial charge in [-0.1, -0.05) is 33.8 Å². The first kappa shape index (κ1) is 14.1. The van der Waals surface area contributed by atoms with Crippen LogP contribution < -0.4 is 5.32 Å². The number of fused-ring (bicyclic) bond motifs is 1. The quantitative estimate of drug-likeness (QED) is 0.893. The fourth-order valence-corrected chi connectivity index (χ4v) is 2.54. The van der Waals surface area contributed by atoms with Gasteiger partial charge in [-0.15, -0.1) is 0 Å². The van der Waals surface area contributed by atoms with Crippen LogP contribution in [0.3, 0.4) is 0 Å². The van der Waals surface area contributed by atoms with E-state index in [0.717, 1.165) is 28.8 Å². The van der Waals surface area contributed by atoms with E-state index in [2.05, 4.69) is 26.1 Å². The number of rotatable bonds is 3. The summed E-state index contributed by atoms with van der Waals surface area (Å²) in [6.07, 6.45) is 0. The number of hydrogen-bond acceptors (Lipinski definition) is 2. The lowest BCUT2D eigenvalue weighted by Gasteiger charge is -2.20. The Morgan fingerprint density at radius 2 is 1.95 bits per heavy atom. The van der Waals surface area contributed by atoms with Gasteiger partial charge >= 0.3 is 0 Å². The number of hydrogen-bond donors (Lipinski definition) is 1. The summed E-state index contributed by atoms with van der Waals surface area (Å²) in [6.45, 7) is 12.0. The summed E-state index contributed by atoms with van der Waals surface area (Å²) in [4.78, 5) is 0. The Kier molecular flexibility index (Phi) is 3.68. The van der Waals surface area contributed by atoms with Crippen LogP contribution in [0.2, 0.25) is 0 Å². The number of furan rings is 1. The van der Waals surface area contributed by atoms with Gasteiger partial charge in [0.2, 0.25) is 0 Å². The maximum absolute atomic E-state index is 14.0. The molecule has 104 valence electrons. The molecule has 2 nitrogen and oxygen atoms in total. The molecule has 1 heterocycles. The molecule has 0 spiro atoms. The van der Waals surface area contributed by atoms with E-state index in [1.165, 1.54) is 6.07 Å². The molecular formula is C16H22FNO. The number of benzene rings is 1. The van der Waals surface area contributed by atoms with Gasteiger partial charge in [-0.25, -0.2) is 4.39 Å². The van der Waals surface area contributed by atoms with Crippen LogP contribution in [0.1, 0.15) is 44.6 Å². The van der Waals surface area contributed by atoms with Crippen molar-refractivity contribution in [1.29, 1.82) is 0 Å². The minimum atomic E-state index is -0.283. The van der Waals surface area contributed by atoms with Gasteiger partial charge in [0.25, 0.3) is 0 Å². The molecule has 1 N–H and O–H groups in total. The van der Waals surface area contributed by atoms with Crippen molar-refractivity contribution < 1.29 is 8.81 Å². The van der Waals surface area contributed by atoms with E-state index in [-0.39, 0.29) is 11.2 Å². The fraction of sp³-hybridized carbons (Fsp3) is 0.500. The van der Waals surface area contributed by atoms with Gasteiger partial charge in [0.05, 0.1) is 6.54 Å². The molecule has 19 heavy (non-hydrogen) atoms. The predicted octanol–water partition coefficient (Wildman–Crippen LogP) is 4.29. The van der Waals surface area contributed by atoms with E-state index in [9.17, 15) is 4.39 Å². The Morgan fingerprint density at radius 3 is 2.53 bits per heavy atom. The Morgan fingerprint density at radius 1 is 1.26 bits per heavy atom. The highest BCUT2D eigenvalue weighted by molar-refractivity contribution is 5.87. The molecule has 1 aromatic carbocycles. The van der Waals surface area contributed by atoms with Crippen molar-refractivity contribution in [2.45, 2.75) is 46.6 Å². The second-order valence-corrected chi connectivity index (χ2v) is 6.00. The lowest BCUT2D eigenvalue weighted by Crippen LogP contribution is -2.18. The normalized spacial score (nSPS) is 12.3. The summed E-state index contributed by atoms with van der Waals surface area (Å²) < 4.78 is 19.8. The zero-order valence-corrected chi connectivity index (χ0v) is 12.4. The molecule has 0 aliphatic carbocycles. The SMILES string of the molecule is CCNCc1oc2c(F)ccc(C)c2c1C(C)(C)C. The molecule has 0 fully saturated rings. The van der Waals surface area contributed by atoms with Gasteiger partial charge in [-0.3, -0.25) is 0 Å². The second-order valence-electron chi connectivity index (χ2n) is 6.00. The van der Waals surface area contributed by atoms with Crippen LogP contribution in [-0.2, 0) is 12.0 Å². The molecule has 0 bridgehead atoms. The Hall–Kier alpha value is -1.35. The van der Waals surface area contributed by atoms with Gasteiger partial charge in [0, 0.05) is 10.9 Å². The summed E-state index contributed by atoms with van der Waals surface area (Å²) >= 11 is 0. The lowest BCUT2D eigenvalue weighted by molar-refractivity contribution is 0.475. The Balaban J connectivity index is 2.74. The number of nitrogens with one attached hydrogen (secondary N) is 1. The van der Waals surface area contributed by atoms with Crippen LogP contribution in [-0.4, -0.2) is 6.54 Å². The van der Waals surface area contributed by atoms with E-state index in [1.807, 2.05) is 19.9 Å². The number of aryl methyl sites for hydroxylation is 1. The monoisotopic (exact) mass is 263 g/mol. The van der Waals surface area contributed by atoms with Crippen molar-refractivity contribution in [3.63, 3.8) is 0 Å². The first-order valence-electron chi connectivity index (χ1n) is 6.78. The van der Waals surface area contributed by atoms with Crippen LogP contribution in [0.4, 0.5) is 4.39 Å². The summed E-state index contributed by atoms with van der Waals surface area (Å²) in [6, 6.07) is 3.30. The van der Waals surface area contributed by atoms with Gasteiger partial charge in [-0.05, 0) is 30.5 Å². The molecule has 0 aliphatic rings. The molecule has 2 rings (SSSR count). The van der Waals surface area contributed by atoms with Crippen molar-refractivity contribution in [3.05, 3.63) is 34.8 Å². The van der Waals surface area contributed by atoms with Crippen molar-refractivity contribution >= 4 is 11.0 Å². The largest absolute Gasteiger partial charge is 0.456 e. The van der Waals surface area contributed by atoms with Crippen LogP contribution >= 0.6 is 0 Å². The van der Waals surface area contributed by atoms with Crippen molar-refractivity contribution in [1.82, 2.24) is 5.32 Å². The van der Waals surface area contributed by atoms with Crippen LogP contribution in [0.5, 0.6) is 0 Å². The standard InChI is InChI=1S/C16H22FNO/c1-6-18-9-12-14(16(3,4)5)13-10(2)7-8-11(17)15(13)19-12/h7-8,18H,6,9H2,1-5H3. The first-order valence-corrected chi connectivity index (χ1v) is 6.78. The second kappa shape index (κ2) is 4.97. The van der Waals surface area contributed by atoms with E-state index in [1.54, 1.807) is 0 Å². The number of halogens is 1. The molecule has 2 aromatic rings. The summed E-state index contributed by atoms with van der Waals surface area (Å²) in [5.41, 5.74) is 2.49. The Labute approximate surface area is 114 Å². The maximum atomic E-state index is 14.0. The molecule has 0 atom stereocenters. The average molecular weight is 263 g/mol. The first-order chi connectivity index (χ1) is 8.86. The molecule has 0 unspecified atom stereocenters. The van der Waals surface area contributed by atoms with Crippen molar-refractivity contribution in [2.24, 2.45) is 0 Å². The molecule has 0 saturated heterocycles. The Bertz CT molecular complexity index is 593. The van der Waals surface area contributed by atoms with E-state index in [0.29, 0.717) is 12.1 Å². The molecule has 0 amide bonds. The van der Waals surface area contributed by atoms with Gasteiger partial charge in [0.15, 0.2) is 11.4 Å². The third kappa shape index (κ3) is 2.52. The molecule has 0 saturated carbocycles. The summed E-state index contributed by atoms with van der Waals surface area (Å²) in [7, 11) is 0. The summed E-state index contributed by atoms with van der Waals surface area (Å²) in [5, 5.41) is 4.19. The van der Waals surface area contributed by atoms with E-state index in [4.69, 9.17) is 4.42 Å². The van der Waals surface area contributed by atoms with Gasteiger partial charge in [0.1, 0.15) is 5.76 Å². The zero-order valence-electron chi connectivity index (χ0n) is 12.4. The van der Waals surface area contributed by atoms with Crippen LogP contribution in [0.25, 0.3) is 11.0 Å². The molecule has 0 radical (unpaired) electrons. The molecule has 0 aliphatic heterocycles. The minimum absolute atomic E-state index is 0.0748. The highest BCUT2D eigenvalue weighted by atomic mass is 19.1. The highest BCUT2D eigenvalue weighted by Crippen LogP contribution is 2.38. The van der Waals surface area contributed by atoms with Crippen LogP contribution in [0.15, 0.2) is 16.5 Å². The lowest BCUT2D eigenvalue weighted by atomic mass is 9.83. The molecular weight excluding hydrogens is 241 g/mol. The van der Waals surface area contributed by atoms with Crippen molar-refractivity contribution in [2.75, 3.05) is 6.54 Å². The predicted molar refractivity (Wildman–Crippen MR) is 77.0 cm³/mol. The van der Waals surface area contributed by atoms with Crippen molar-refractivity contribution in [3.8, 4) is 0 Å². The van der Waals surface area contributed by atoms with Crippen LogP contribution in [0, 0.1) is 12.7 Å². The van der Waals surface area contributed by atoms with Gasteiger partial charge in [-0.2, -0.15) is 0 Å². The summed E-state index contributed by atoms with van der Waals surface area (Å²) in [5.74, 6) is 0.561. The molecule has 3 heteroatoms. The third-order valence-corrected chi connectivity index (χ3v) is 3.36. The minimum Gasteiger partial charge on any atom is -0.456 e. The smallest absolute Gasteiger partial charge is 0.170 e. The average Bonchev–Trinajstić information content (AvgIpc) is 2.71. The van der Waals surface area contributed by atoms with Gasteiger partial charge < -0.3 is 9.73 Å². The zero-order chi connectivity index (χ0) is 14.2. The highest BCUT2D eigenvalue weighted by Gasteiger charge is 2.27. The maximum Gasteiger partial charge on any atom is 0.170 e. The van der Waals surface area contributed by atoms with E-state index >= 15 is 0 Å². The topological polar surface area (TPSA) is 25.2 Å². The molecule has 1 aromatic heterocycles. The third-order valence-electron chi connectivity index (χ3n) is 3.36. The van der Waals surface area contributed by atoms with E-state index < -0.39 is 0 Å². The fourth-order valence-electron chi connectivity index (χ4n) is 2.54.